The molecule has 19 heavy (non-hydrogen) atoms. The molecule has 0 fully saturated rings. The van der Waals surface area contributed by atoms with Crippen molar-refractivity contribution < 1.29 is 19.7 Å². The number of benzene rings is 1. The molecule has 1 amide bonds. The van der Waals surface area contributed by atoms with E-state index < -0.39 is 11.7 Å². The minimum atomic E-state index is -0.639. The van der Waals surface area contributed by atoms with Crippen LogP contribution >= 0.6 is 0 Å². The summed E-state index contributed by atoms with van der Waals surface area (Å²) in [6.45, 7) is 7.00. The Labute approximate surface area is 113 Å². The van der Waals surface area contributed by atoms with Crippen molar-refractivity contribution in [3.8, 4) is 5.75 Å². The van der Waals surface area contributed by atoms with Gasteiger partial charge in [-0.05, 0) is 32.4 Å². The minimum absolute atomic E-state index is 0.0522. The summed E-state index contributed by atoms with van der Waals surface area (Å²) in [5.74, 6) is -0.249. The number of aromatic hydroxyl groups is 1. The second-order valence-electron chi connectivity index (χ2n) is 5.45. The van der Waals surface area contributed by atoms with Crippen LogP contribution < -0.4 is 5.32 Å². The smallest absolute Gasteiger partial charge is 0.412 e. The van der Waals surface area contributed by atoms with Crippen molar-refractivity contribution in [2.75, 3.05) is 11.9 Å². The first-order valence-corrected chi connectivity index (χ1v) is 6.17. The number of anilines is 1. The fraction of sp³-hybridized carbons (Fsp3) is 0.500. The highest BCUT2D eigenvalue weighted by atomic mass is 16.6. The van der Waals surface area contributed by atoms with Crippen LogP contribution in [0.3, 0.4) is 0 Å². The van der Waals surface area contributed by atoms with Crippen LogP contribution in [0.4, 0.5) is 10.5 Å². The van der Waals surface area contributed by atoms with Gasteiger partial charge in [0, 0.05) is 12.5 Å². The topological polar surface area (TPSA) is 78.8 Å². The third kappa shape index (κ3) is 4.44. The SMILES string of the molecule is CC(CO)c1cccc(O)c1NC(=O)OC(C)(C)C. The van der Waals surface area contributed by atoms with Crippen molar-refractivity contribution >= 4 is 11.8 Å². The van der Waals surface area contributed by atoms with Gasteiger partial charge in [-0.2, -0.15) is 0 Å². The number of phenols is 1. The maximum Gasteiger partial charge on any atom is 0.412 e. The van der Waals surface area contributed by atoms with Crippen LogP contribution in [0.1, 0.15) is 39.2 Å². The predicted octanol–water partition coefficient (Wildman–Crippen LogP) is 2.84. The molecule has 3 N–H and O–H groups in total. The standard InChI is InChI=1S/C14H21NO4/c1-9(8-16)10-6-5-7-11(17)12(10)15-13(18)19-14(2,3)4/h5-7,9,16-17H,8H2,1-4H3,(H,15,18). The number of aliphatic hydroxyl groups excluding tert-OH is 1. The first-order chi connectivity index (χ1) is 8.74. The number of aliphatic hydroxyl groups is 1. The van der Waals surface area contributed by atoms with Crippen LogP contribution in [-0.2, 0) is 4.74 Å². The molecule has 0 aliphatic carbocycles. The largest absolute Gasteiger partial charge is 0.506 e. The summed E-state index contributed by atoms with van der Waals surface area (Å²) in [4.78, 5) is 11.7. The number of hydrogen-bond donors (Lipinski definition) is 3. The van der Waals surface area contributed by atoms with E-state index in [1.54, 1.807) is 39.8 Å². The molecule has 1 unspecified atom stereocenters. The summed E-state index contributed by atoms with van der Waals surface area (Å²) in [5, 5.41) is 21.6. The molecule has 5 heteroatoms. The van der Waals surface area contributed by atoms with Gasteiger partial charge in [0.15, 0.2) is 0 Å². The molecule has 1 aromatic rings. The Kier molecular flexibility index (Phi) is 4.78. The fourth-order valence-corrected chi connectivity index (χ4v) is 1.61. The number of phenolic OH excluding ortho intramolecular Hbond substituents is 1. The number of amides is 1. The molecule has 1 atom stereocenters. The zero-order chi connectivity index (χ0) is 14.6. The van der Waals surface area contributed by atoms with Crippen LogP contribution in [0.15, 0.2) is 18.2 Å². The zero-order valence-electron chi connectivity index (χ0n) is 11.7. The molecule has 106 valence electrons. The molecule has 0 saturated carbocycles. The molecule has 0 aromatic heterocycles. The van der Waals surface area contributed by atoms with Gasteiger partial charge >= 0.3 is 6.09 Å². The molecule has 5 nitrogen and oxygen atoms in total. The molecule has 1 aromatic carbocycles. The molecule has 0 aliphatic rings. The van der Waals surface area contributed by atoms with Gasteiger partial charge in [0.2, 0.25) is 0 Å². The van der Waals surface area contributed by atoms with Gasteiger partial charge in [-0.3, -0.25) is 5.32 Å². The van der Waals surface area contributed by atoms with Gasteiger partial charge < -0.3 is 14.9 Å². The van der Waals surface area contributed by atoms with Gasteiger partial charge in [-0.25, -0.2) is 4.79 Å². The Hall–Kier alpha value is -1.75. The van der Waals surface area contributed by atoms with Gasteiger partial charge in [-0.1, -0.05) is 19.1 Å². The molecule has 1 rings (SSSR count). The Morgan fingerprint density at radius 3 is 2.58 bits per heavy atom. The first kappa shape index (κ1) is 15.3. The van der Waals surface area contributed by atoms with Crippen molar-refractivity contribution in [1.82, 2.24) is 0 Å². The van der Waals surface area contributed by atoms with E-state index >= 15 is 0 Å². The van der Waals surface area contributed by atoms with Crippen molar-refractivity contribution in [3.63, 3.8) is 0 Å². The summed E-state index contributed by atoms with van der Waals surface area (Å²) in [6.07, 6.45) is -0.639. The van der Waals surface area contributed by atoms with Crippen molar-refractivity contribution in [2.24, 2.45) is 0 Å². The predicted molar refractivity (Wildman–Crippen MR) is 73.5 cm³/mol. The Morgan fingerprint density at radius 1 is 1.42 bits per heavy atom. The first-order valence-electron chi connectivity index (χ1n) is 6.17. The molecule has 0 spiro atoms. The van der Waals surface area contributed by atoms with E-state index in [2.05, 4.69) is 5.32 Å². The summed E-state index contributed by atoms with van der Waals surface area (Å²) >= 11 is 0. The van der Waals surface area contributed by atoms with E-state index in [4.69, 9.17) is 4.74 Å². The van der Waals surface area contributed by atoms with Crippen molar-refractivity contribution in [3.05, 3.63) is 23.8 Å². The van der Waals surface area contributed by atoms with E-state index in [0.29, 0.717) is 5.56 Å². The maximum absolute atomic E-state index is 11.7. The summed E-state index contributed by atoms with van der Waals surface area (Å²) in [6, 6.07) is 4.88. The lowest BCUT2D eigenvalue weighted by Gasteiger charge is -2.21. The number of carbonyl (C=O) groups is 1. The van der Waals surface area contributed by atoms with E-state index in [-0.39, 0.29) is 24.0 Å². The van der Waals surface area contributed by atoms with Gasteiger partial charge in [0.1, 0.15) is 11.4 Å². The summed E-state index contributed by atoms with van der Waals surface area (Å²) in [7, 11) is 0. The van der Waals surface area contributed by atoms with Crippen molar-refractivity contribution in [1.29, 1.82) is 0 Å². The number of hydrogen-bond acceptors (Lipinski definition) is 4. The summed E-state index contributed by atoms with van der Waals surface area (Å²) < 4.78 is 5.14. The second-order valence-corrected chi connectivity index (χ2v) is 5.45. The lowest BCUT2D eigenvalue weighted by Crippen LogP contribution is -2.27. The van der Waals surface area contributed by atoms with Crippen LogP contribution in [0.25, 0.3) is 0 Å². The highest BCUT2D eigenvalue weighted by Gasteiger charge is 2.20. The fourth-order valence-electron chi connectivity index (χ4n) is 1.61. The molecule has 0 bridgehead atoms. The number of nitrogens with one attached hydrogen (secondary N) is 1. The minimum Gasteiger partial charge on any atom is -0.506 e. The third-order valence-electron chi connectivity index (χ3n) is 2.51. The Morgan fingerprint density at radius 2 is 2.05 bits per heavy atom. The van der Waals surface area contributed by atoms with E-state index in [1.807, 2.05) is 0 Å². The average molecular weight is 267 g/mol. The zero-order valence-corrected chi connectivity index (χ0v) is 11.7. The van der Waals surface area contributed by atoms with E-state index in [0.717, 1.165) is 0 Å². The average Bonchev–Trinajstić information content (AvgIpc) is 2.28. The highest BCUT2D eigenvalue weighted by Crippen LogP contribution is 2.32. The van der Waals surface area contributed by atoms with Crippen LogP contribution in [-0.4, -0.2) is 28.5 Å². The van der Waals surface area contributed by atoms with Gasteiger partial charge in [-0.15, -0.1) is 0 Å². The molecule has 0 aliphatic heterocycles. The molecular weight excluding hydrogens is 246 g/mol. The monoisotopic (exact) mass is 267 g/mol. The molecule has 0 saturated heterocycles. The number of rotatable bonds is 3. The van der Waals surface area contributed by atoms with Crippen molar-refractivity contribution in [2.45, 2.75) is 39.2 Å². The van der Waals surface area contributed by atoms with Gasteiger partial charge in [0.05, 0.1) is 5.69 Å². The summed E-state index contributed by atoms with van der Waals surface area (Å²) in [5.41, 5.74) is 0.323. The highest BCUT2D eigenvalue weighted by molar-refractivity contribution is 5.88. The van der Waals surface area contributed by atoms with Gasteiger partial charge in [0.25, 0.3) is 0 Å². The molecule has 0 radical (unpaired) electrons. The quantitative estimate of drug-likeness (QED) is 0.736. The third-order valence-corrected chi connectivity index (χ3v) is 2.51. The van der Waals surface area contributed by atoms with E-state index in [1.165, 1.54) is 6.07 Å². The number of ether oxygens (including phenoxy) is 1. The van der Waals surface area contributed by atoms with Crippen LogP contribution in [0.5, 0.6) is 5.75 Å². The maximum atomic E-state index is 11.7. The van der Waals surface area contributed by atoms with Crippen LogP contribution in [0.2, 0.25) is 0 Å². The lowest BCUT2D eigenvalue weighted by atomic mass is 9.99. The Bertz CT molecular complexity index is 451. The number of para-hydroxylation sites is 1. The van der Waals surface area contributed by atoms with E-state index in [9.17, 15) is 15.0 Å². The molecule has 0 heterocycles. The number of carbonyl (C=O) groups excluding carboxylic acids is 1. The Balaban J connectivity index is 2.97. The lowest BCUT2D eigenvalue weighted by molar-refractivity contribution is 0.0635. The molecular formula is C14H21NO4. The van der Waals surface area contributed by atoms with Crippen LogP contribution in [0, 0.1) is 0 Å². The normalized spacial score (nSPS) is 12.9. The second kappa shape index (κ2) is 5.93.